The van der Waals surface area contributed by atoms with E-state index in [4.69, 9.17) is 4.74 Å². The quantitative estimate of drug-likeness (QED) is 0.743. The fourth-order valence-electron chi connectivity index (χ4n) is 1.10. The summed E-state index contributed by atoms with van der Waals surface area (Å²) >= 11 is 0. The number of aromatic nitrogens is 1. The summed E-state index contributed by atoms with van der Waals surface area (Å²) in [5.41, 5.74) is 0.606. The van der Waals surface area contributed by atoms with E-state index in [0.717, 1.165) is 0 Å². The lowest BCUT2D eigenvalue weighted by atomic mass is 10.2. The van der Waals surface area contributed by atoms with Crippen molar-refractivity contribution in [1.82, 2.24) is 4.98 Å². The van der Waals surface area contributed by atoms with Gasteiger partial charge in [-0.15, -0.1) is 0 Å². The van der Waals surface area contributed by atoms with Crippen LogP contribution in [0.3, 0.4) is 0 Å². The van der Waals surface area contributed by atoms with E-state index < -0.39 is 0 Å². The molecular weight excluding hydrogens is 214 g/mol. The highest BCUT2D eigenvalue weighted by Crippen LogP contribution is 1.99. The van der Waals surface area contributed by atoms with Crippen LogP contribution in [0.5, 0.6) is 0 Å². The summed E-state index contributed by atoms with van der Waals surface area (Å²) in [5, 5.41) is 0. The van der Waals surface area contributed by atoms with Gasteiger partial charge in [-0.05, 0) is 31.2 Å². The Balaban J connectivity index is 0.000000202. The van der Waals surface area contributed by atoms with E-state index >= 15 is 0 Å². The molecule has 0 bridgehead atoms. The molecule has 0 saturated carbocycles. The molecule has 0 radical (unpaired) electrons. The molecule has 0 aliphatic heterocycles. The van der Waals surface area contributed by atoms with Crippen LogP contribution in [0.4, 0.5) is 0 Å². The number of hydrogen-bond donors (Lipinski definition) is 0. The Morgan fingerprint density at radius 3 is 2.06 bits per heavy atom. The number of esters is 1. The molecule has 0 unspecified atom stereocenters. The van der Waals surface area contributed by atoms with Crippen molar-refractivity contribution in [2.45, 2.75) is 6.92 Å². The van der Waals surface area contributed by atoms with Gasteiger partial charge < -0.3 is 4.74 Å². The van der Waals surface area contributed by atoms with Crippen LogP contribution >= 0.6 is 0 Å². The third-order valence-electron chi connectivity index (χ3n) is 1.85. The van der Waals surface area contributed by atoms with Crippen molar-refractivity contribution >= 4 is 5.97 Å². The van der Waals surface area contributed by atoms with Gasteiger partial charge in [0.05, 0.1) is 12.2 Å². The zero-order valence-corrected chi connectivity index (χ0v) is 9.74. The van der Waals surface area contributed by atoms with Crippen LogP contribution in [0.2, 0.25) is 0 Å². The molecule has 17 heavy (non-hydrogen) atoms. The highest BCUT2D eigenvalue weighted by Gasteiger charge is 2.02. The summed E-state index contributed by atoms with van der Waals surface area (Å²) in [5.74, 6) is -0.256. The van der Waals surface area contributed by atoms with Crippen LogP contribution < -0.4 is 0 Å². The summed E-state index contributed by atoms with van der Waals surface area (Å²) in [6, 6.07) is 14.7. The van der Waals surface area contributed by atoms with Gasteiger partial charge in [0, 0.05) is 12.4 Å². The lowest BCUT2D eigenvalue weighted by Gasteiger charge is -1.99. The van der Waals surface area contributed by atoms with Gasteiger partial charge in [-0.3, -0.25) is 4.98 Å². The van der Waals surface area contributed by atoms with E-state index in [-0.39, 0.29) is 5.97 Å². The molecule has 3 heteroatoms. The van der Waals surface area contributed by atoms with Gasteiger partial charge in [-0.25, -0.2) is 4.79 Å². The average molecular weight is 229 g/mol. The first-order valence-electron chi connectivity index (χ1n) is 5.41. The molecule has 0 aliphatic carbocycles. The van der Waals surface area contributed by atoms with Gasteiger partial charge in [0.25, 0.3) is 0 Å². The molecule has 2 aromatic rings. The number of rotatable bonds is 2. The van der Waals surface area contributed by atoms with Crippen molar-refractivity contribution in [2.75, 3.05) is 6.61 Å². The Hall–Kier alpha value is -2.16. The van der Waals surface area contributed by atoms with Gasteiger partial charge in [0.15, 0.2) is 0 Å². The van der Waals surface area contributed by atoms with Crippen LogP contribution in [0, 0.1) is 0 Å². The number of nitrogens with zero attached hydrogens (tertiary/aromatic N) is 1. The van der Waals surface area contributed by atoms with Crippen LogP contribution in [0.25, 0.3) is 0 Å². The first-order valence-corrected chi connectivity index (χ1v) is 5.41. The number of carbonyl (C=O) groups is 1. The number of benzene rings is 1. The zero-order chi connectivity index (χ0) is 12.3. The number of pyridine rings is 1. The van der Waals surface area contributed by atoms with Crippen LogP contribution in [-0.2, 0) is 4.74 Å². The number of hydrogen-bond acceptors (Lipinski definition) is 3. The Kier molecular flexibility index (Phi) is 6.11. The Morgan fingerprint density at radius 1 is 1.06 bits per heavy atom. The lowest BCUT2D eigenvalue weighted by molar-refractivity contribution is 0.0526. The summed E-state index contributed by atoms with van der Waals surface area (Å²) in [6.07, 6.45) is 3.50. The lowest BCUT2D eigenvalue weighted by Crippen LogP contribution is -2.03. The monoisotopic (exact) mass is 229 g/mol. The summed E-state index contributed by atoms with van der Waals surface area (Å²) in [7, 11) is 0. The van der Waals surface area contributed by atoms with Crippen LogP contribution in [0.1, 0.15) is 17.3 Å². The van der Waals surface area contributed by atoms with E-state index in [9.17, 15) is 4.79 Å². The molecule has 0 saturated heterocycles. The molecule has 0 atom stereocenters. The molecular formula is C14H15NO2. The minimum Gasteiger partial charge on any atom is -0.462 e. The second-order valence-electron chi connectivity index (χ2n) is 3.11. The third kappa shape index (κ3) is 5.47. The molecule has 2 rings (SSSR count). The van der Waals surface area contributed by atoms with Gasteiger partial charge >= 0.3 is 5.97 Å². The predicted octanol–water partition coefficient (Wildman–Crippen LogP) is 2.94. The maximum atomic E-state index is 11.0. The number of ether oxygens (including phenoxy) is 1. The average Bonchev–Trinajstić information content (AvgIpc) is 2.43. The minimum absolute atomic E-state index is 0.256. The van der Waals surface area contributed by atoms with Gasteiger partial charge in [-0.1, -0.05) is 24.3 Å². The fraction of sp³-hybridized carbons (Fsp3) is 0.143. The van der Waals surface area contributed by atoms with Gasteiger partial charge in [0.2, 0.25) is 0 Å². The molecule has 0 aliphatic rings. The molecule has 1 aromatic carbocycles. The fourth-order valence-corrected chi connectivity index (χ4v) is 1.10. The molecule has 0 spiro atoms. The summed E-state index contributed by atoms with van der Waals surface area (Å²) < 4.78 is 4.79. The van der Waals surface area contributed by atoms with Crippen molar-refractivity contribution < 1.29 is 9.53 Å². The minimum atomic E-state index is -0.256. The van der Waals surface area contributed by atoms with Crippen molar-refractivity contribution in [3.05, 3.63) is 66.5 Å². The molecule has 3 nitrogen and oxygen atoms in total. The number of carbonyl (C=O) groups excluding carboxylic acids is 1. The van der Waals surface area contributed by atoms with Crippen LogP contribution in [-0.4, -0.2) is 17.6 Å². The van der Waals surface area contributed by atoms with Gasteiger partial charge in [-0.2, -0.15) is 0 Å². The largest absolute Gasteiger partial charge is 0.462 e. The molecule has 0 amide bonds. The molecule has 0 fully saturated rings. The Morgan fingerprint density at radius 2 is 1.65 bits per heavy atom. The predicted molar refractivity (Wildman–Crippen MR) is 66.6 cm³/mol. The first kappa shape index (κ1) is 12.9. The van der Waals surface area contributed by atoms with Crippen molar-refractivity contribution in [3.63, 3.8) is 0 Å². The first-order chi connectivity index (χ1) is 8.34. The standard InChI is InChI=1S/C9H10O2.C5H5N/c1-2-11-9(10)8-6-4-3-5-7-8;1-2-4-6-5-3-1/h3-7H,2H2,1H3;1-5H. The zero-order valence-electron chi connectivity index (χ0n) is 9.74. The van der Waals surface area contributed by atoms with Crippen molar-refractivity contribution in [3.8, 4) is 0 Å². The topological polar surface area (TPSA) is 39.2 Å². The highest BCUT2D eigenvalue weighted by molar-refractivity contribution is 5.89. The highest BCUT2D eigenvalue weighted by atomic mass is 16.5. The smallest absolute Gasteiger partial charge is 0.338 e. The van der Waals surface area contributed by atoms with E-state index in [1.165, 1.54) is 0 Å². The maximum absolute atomic E-state index is 11.0. The Labute approximate surface area is 101 Å². The molecule has 1 heterocycles. The Bertz CT molecular complexity index is 388. The third-order valence-corrected chi connectivity index (χ3v) is 1.85. The van der Waals surface area contributed by atoms with E-state index in [0.29, 0.717) is 12.2 Å². The van der Waals surface area contributed by atoms with E-state index in [2.05, 4.69) is 4.98 Å². The summed E-state index contributed by atoms with van der Waals surface area (Å²) in [4.78, 5) is 14.8. The molecule has 0 N–H and O–H groups in total. The molecule has 1 aromatic heterocycles. The van der Waals surface area contributed by atoms with Crippen molar-refractivity contribution in [2.24, 2.45) is 0 Å². The molecule has 88 valence electrons. The summed E-state index contributed by atoms with van der Waals surface area (Å²) in [6.45, 7) is 2.22. The second kappa shape index (κ2) is 8.05. The normalized spacial score (nSPS) is 8.76. The van der Waals surface area contributed by atoms with Gasteiger partial charge in [0.1, 0.15) is 0 Å². The van der Waals surface area contributed by atoms with Crippen LogP contribution in [0.15, 0.2) is 60.9 Å². The second-order valence-corrected chi connectivity index (χ2v) is 3.11. The van der Waals surface area contributed by atoms with E-state index in [1.54, 1.807) is 31.5 Å². The van der Waals surface area contributed by atoms with E-state index in [1.807, 2.05) is 36.4 Å². The van der Waals surface area contributed by atoms with Crippen molar-refractivity contribution in [1.29, 1.82) is 0 Å². The SMILES string of the molecule is CCOC(=O)c1ccccc1.c1ccncc1. The maximum Gasteiger partial charge on any atom is 0.338 e.